The van der Waals surface area contributed by atoms with Crippen molar-refractivity contribution >= 4 is 19.7 Å². The molecule has 5 aliphatic rings. The maximum absolute atomic E-state index is 15.6. The molecule has 1 N–H and O–H groups in total. The number of ether oxygens (including phenoxy) is 1. The topological polar surface area (TPSA) is 41.6 Å². The first-order valence-electron chi connectivity index (χ1n) is 16.1. The van der Waals surface area contributed by atoms with Gasteiger partial charge in [-0.1, -0.05) is 57.6 Å². The zero-order valence-corrected chi connectivity index (χ0v) is 27.7. The normalized spacial score (nSPS) is 33.8. The van der Waals surface area contributed by atoms with Crippen molar-refractivity contribution in [3.05, 3.63) is 59.2 Å². The Bertz CT molecular complexity index is 1440. The van der Waals surface area contributed by atoms with Crippen LogP contribution in [0.15, 0.2) is 42.5 Å². The molecule has 4 saturated carbocycles. The number of hydrogen-bond donors (Lipinski definition) is 1. The van der Waals surface area contributed by atoms with Crippen LogP contribution in [-0.4, -0.2) is 54.6 Å². The molecule has 2 aromatic carbocycles. The number of unbranched alkanes of at least 4 members (excludes halogenated alkanes) is 1. The van der Waals surface area contributed by atoms with Crippen molar-refractivity contribution in [1.82, 2.24) is 4.90 Å². The number of carbonyl (C=O) groups excluding carboxylic acids is 1. The van der Waals surface area contributed by atoms with Crippen molar-refractivity contribution in [3.63, 3.8) is 0 Å². The Labute approximate surface area is 261 Å². The number of hydrogen-bond acceptors (Lipinski definition) is 3. The molecule has 4 nitrogen and oxygen atoms in total. The molecule has 0 spiro atoms. The Morgan fingerprint density at radius 2 is 1.59 bits per heavy atom. The van der Waals surface area contributed by atoms with Crippen molar-refractivity contribution in [3.8, 4) is 17.2 Å². The van der Waals surface area contributed by atoms with Crippen LogP contribution in [0.25, 0.3) is 0 Å². The van der Waals surface area contributed by atoms with Crippen molar-refractivity contribution < 1.29 is 22.7 Å². The van der Waals surface area contributed by atoms with Crippen molar-refractivity contribution in [1.29, 1.82) is 0 Å². The van der Waals surface area contributed by atoms with Crippen molar-refractivity contribution in [2.45, 2.75) is 125 Å². The van der Waals surface area contributed by atoms with E-state index >= 15 is 13.2 Å². The number of methoxy groups -OCH3 is 1. The smallest absolute Gasteiger partial charge is 0.298 e. The maximum atomic E-state index is 15.6. The molecular weight excluding hydrogens is 577 g/mol. The number of anilines is 1. The molecule has 0 radical (unpaired) electrons. The van der Waals surface area contributed by atoms with E-state index in [2.05, 4.69) is 49.4 Å². The van der Waals surface area contributed by atoms with Gasteiger partial charge in [-0.3, -0.25) is 4.79 Å². The Morgan fingerprint density at radius 1 is 0.977 bits per heavy atom. The third-order valence-electron chi connectivity index (χ3n) is 9.94. The Morgan fingerprint density at radius 3 is 2.14 bits per heavy atom. The molecule has 4 aliphatic carbocycles. The fourth-order valence-corrected chi connectivity index (χ4v) is 9.42. The fourth-order valence-electron chi connectivity index (χ4n) is 8.94. The van der Waals surface area contributed by atoms with Crippen LogP contribution in [0.3, 0.4) is 0 Å². The minimum atomic E-state index is -1.82. The molecule has 44 heavy (non-hydrogen) atoms. The first kappa shape index (κ1) is 31.1. The predicted molar refractivity (Wildman–Crippen MR) is 172 cm³/mol. The number of alkyl halides is 3. The van der Waals surface area contributed by atoms with E-state index < -0.39 is 30.6 Å². The first-order chi connectivity index (χ1) is 20.7. The molecule has 7 rings (SSSR count). The van der Waals surface area contributed by atoms with E-state index in [0.717, 1.165) is 48.1 Å². The van der Waals surface area contributed by atoms with Gasteiger partial charge in [0.2, 0.25) is 0 Å². The van der Waals surface area contributed by atoms with Crippen LogP contribution in [0.5, 0.6) is 5.75 Å². The van der Waals surface area contributed by atoms with Gasteiger partial charge in [0.25, 0.3) is 5.91 Å². The summed E-state index contributed by atoms with van der Waals surface area (Å²) in [6, 6.07) is 13.5. The lowest BCUT2D eigenvalue weighted by Gasteiger charge is -2.63. The van der Waals surface area contributed by atoms with Gasteiger partial charge in [0.15, 0.2) is 0 Å². The van der Waals surface area contributed by atoms with Crippen LogP contribution in [0, 0.1) is 11.5 Å². The van der Waals surface area contributed by atoms with Gasteiger partial charge in [-0.05, 0) is 59.7 Å². The summed E-state index contributed by atoms with van der Waals surface area (Å²) in [5, 5.41) is 3.40. The minimum Gasteiger partial charge on any atom is -0.497 e. The molecule has 2 atom stereocenters. The molecule has 1 amide bonds. The van der Waals surface area contributed by atoms with E-state index in [9.17, 15) is 4.79 Å². The Hall–Kier alpha value is -2.92. The summed E-state index contributed by atoms with van der Waals surface area (Å²) in [6.07, 6.45) is 3.36. The van der Waals surface area contributed by atoms with Crippen LogP contribution < -0.4 is 10.1 Å². The van der Waals surface area contributed by atoms with Gasteiger partial charge in [0.1, 0.15) is 30.8 Å². The molecule has 0 saturated heterocycles. The average molecular weight is 623 g/mol. The molecular formula is C36H45F3N2O2Si. The third kappa shape index (κ3) is 6.01. The monoisotopic (exact) mass is 622 g/mol. The number of benzene rings is 2. The largest absolute Gasteiger partial charge is 0.497 e. The lowest BCUT2D eigenvalue weighted by Crippen LogP contribution is -2.70. The number of amides is 1. The van der Waals surface area contributed by atoms with E-state index in [4.69, 9.17) is 4.74 Å². The van der Waals surface area contributed by atoms with Gasteiger partial charge in [0.05, 0.1) is 13.2 Å². The van der Waals surface area contributed by atoms with Crippen LogP contribution in [-0.2, 0) is 11.2 Å². The second kappa shape index (κ2) is 10.9. The van der Waals surface area contributed by atoms with Gasteiger partial charge in [-0.25, -0.2) is 13.2 Å². The Balaban J connectivity index is 1.36. The molecule has 2 aromatic rings. The van der Waals surface area contributed by atoms with E-state index in [1.807, 2.05) is 41.3 Å². The molecule has 1 heterocycles. The van der Waals surface area contributed by atoms with Crippen LogP contribution in [0.1, 0.15) is 87.4 Å². The number of fused-ring (bicyclic) bond motifs is 1. The van der Waals surface area contributed by atoms with Gasteiger partial charge < -0.3 is 15.0 Å². The first-order valence-corrected chi connectivity index (χ1v) is 19.6. The highest BCUT2D eigenvalue weighted by Crippen LogP contribution is 2.65. The van der Waals surface area contributed by atoms with Crippen molar-refractivity contribution in [2.75, 3.05) is 12.4 Å². The number of nitrogens with zero attached hydrogens (tertiary/aromatic N) is 1. The van der Waals surface area contributed by atoms with Gasteiger partial charge in [-0.2, -0.15) is 0 Å². The fraction of sp³-hybridized carbons (Fsp3) is 0.583. The summed E-state index contributed by atoms with van der Waals surface area (Å²) in [6.45, 7) is 8.55. The Kier molecular flexibility index (Phi) is 7.67. The maximum Gasteiger partial charge on any atom is 0.298 e. The highest BCUT2D eigenvalue weighted by Gasteiger charge is 2.70. The quantitative estimate of drug-likeness (QED) is 0.250. The number of carbonyl (C=O) groups is 1. The molecule has 4 bridgehead atoms. The second-order valence-electron chi connectivity index (χ2n) is 15.2. The van der Waals surface area contributed by atoms with Crippen LogP contribution in [0.4, 0.5) is 18.9 Å². The van der Waals surface area contributed by atoms with E-state index in [-0.39, 0.29) is 56.5 Å². The predicted octanol–water partition coefficient (Wildman–Crippen LogP) is 8.27. The van der Waals surface area contributed by atoms with Gasteiger partial charge in [-0.15, -0.1) is 5.54 Å². The summed E-state index contributed by atoms with van der Waals surface area (Å²) < 4.78 is 52.4. The molecule has 0 unspecified atom stereocenters. The SMILES string of the molecule is CCCC[C@H]1Cc2cc(OC)ccc2[C@H](c2ccc(NC34CC5(F)CC(F)(CC(F)(C5)C3)C4)cc2)N1C(=O)C#C[Si](C)(C)C. The van der Waals surface area contributed by atoms with Gasteiger partial charge >= 0.3 is 0 Å². The minimum absolute atomic E-state index is 0.0185. The highest BCUT2D eigenvalue weighted by atomic mass is 28.3. The van der Waals surface area contributed by atoms with E-state index in [0.29, 0.717) is 5.69 Å². The number of nitrogens with one attached hydrogen (secondary N) is 1. The second-order valence-corrected chi connectivity index (χ2v) is 20.0. The van der Waals surface area contributed by atoms with E-state index in [1.165, 1.54) is 0 Å². The number of rotatable bonds is 7. The zero-order valence-electron chi connectivity index (χ0n) is 26.7. The highest BCUT2D eigenvalue weighted by molar-refractivity contribution is 6.84. The molecule has 236 valence electrons. The number of halogens is 3. The molecule has 8 heteroatoms. The van der Waals surface area contributed by atoms with Crippen molar-refractivity contribution in [2.24, 2.45) is 0 Å². The summed E-state index contributed by atoms with van der Waals surface area (Å²) >= 11 is 0. The summed E-state index contributed by atoms with van der Waals surface area (Å²) in [7, 11) is -0.127. The summed E-state index contributed by atoms with van der Waals surface area (Å²) in [5.74, 6) is 3.64. The molecule has 1 aliphatic heterocycles. The average Bonchev–Trinajstić information content (AvgIpc) is 2.91. The summed E-state index contributed by atoms with van der Waals surface area (Å²) in [4.78, 5) is 15.9. The summed E-state index contributed by atoms with van der Waals surface area (Å²) in [5.41, 5.74) is 0.708. The lowest BCUT2D eigenvalue weighted by atomic mass is 9.49. The standard InChI is InChI=1S/C36H45F3N2O2Si/c1-6-7-8-28-17-26-18-29(43-2)13-14-30(26)32(41(28)31(42)15-16-44(3,4)5)25-9-11-27(12-10-25)40-36-22-33(37)19-34(38,23-36)21-35(39,20-33)24-36/h9-14,18,28,32,40H,6-8,17,19-24H2,1-5H3/t28-,32-,33?,34?,35?,36?/m0/s1. The van der Waals surface area contributed by atoms with E-state index in [1.54, 1.807) is 7.11 Å². The third-order valence-corrected chi connectivity index (χ3v) is 10.8. The lowest BCUT2D eigenvalue weighted by molar-refractivity contribution is -0.183. The zero-order chi connectivity index (χ0) is 31.5. The van der Waals surface area contributed by atoms with Gasteiger partial charge in [0, 0.05) is 55.8 Å². The van der Waals surface area contributed by atoms with Crippen LogP contribution >= 0.6 is 0 Å². The molecule has 4 fully saturated rings. The van der Waals surface area contributed by atoms with Crippen LogP contribution in [0.2, 0.25) is 19.6 Å². The molecule has 0 aromatic heterocycles.